The van der Waals surface area contributed by atoms with Crippen molar-refractivity contribution in [2.75, 3.05) is 33.4 Å². The molecule has 4 nitrogen and oxygen atoms in total. The van der Waals surface area contributed by atoms with Crippen molar-refractivity contribution in [2.24, 2.45) is 5.92 Å². The minimum atomic E-state index is -0.401. The molecule has 0 bridgehead atoms. The Labute approximate surface area is 128 Å². The van der Waals surface area contributed by atoms with E-state index in [1.807, 2.05) is 18.2 Å². The maximum absolute atomic E-state index is 10.5. The summed E-state index contributed by atoms with van der Waals surface area (Å²) in [6, 6.07) is 5.80. The van der Waals surface area contributed by atoms with Gasteiger partial charge in [-0.2, -0.15) is 0 Å². The van der Waals surface area contributed by atoms with E-state index in [-0.39, 0.29) is 0 Å². The topological polar surface area (TPSA) is 50.7 Å². The second kappa shape index (κ2) is 7.98. The monoisotopic (exact) mass is 343 g/mol. The quantitative estimate of drug-likeness (QED) is 0.779. The Balaban J connectivity index is 1.99. The van der Waals surface area contributed by atoms with E-state index in [2.05, 4.69) is 21.2 Å². The molecule has 1 saturated heterocycles. The number of aliphatic hydroxyl groups excluding tert-OH is 1. The molecule has 1 aromatic carbocycles. The number of hydrogen-bond donors (Lipinski definition) is 2. The molecule has 0 aliphatic carbocycles. The fourth-order valence-corrected chi connectivity index (χ4v) is 3.00. The van der Waals surface area contributed by atoms with Crippen molar-refractivity contribution in [1.29, 1.82) is 0 Å². The third-order valence-corrected chi connectivity index (χ3v) is 4.29. The predicted molar refractivity (Wildman–Crippen MR) is 82.1 cm³/mol. The molecule has 1 unspecified atom stereocenters. The zero-order valence-corrected chi connectivity index (χ0v) is 13.4. The van der Waals surface area contributed by atoms with Crippen LogP contribution in [0.5, 0.6) is 5.75 Å². The van der Waals surface area contributed by atoms with Crippen molar-refractivity contribution in [3.8, 4) is 5.75 Å². The molecule has 0 spiro atoms. The van der Waals surface area contributed by atoms with Crippen molar-refractivity contribution >= 4 is 15.9 Å². The molecule has 2 N–H and O–H groups in total. The smallest absolute Gasteiger partial charge is 0.133 e. The summed E-state index contributed by atoms with van der Waals surface area (Å²) in [5.74, 6) is 1.12. The van der Waals surface area contributed by atoms with Gasteiger partial charge in [0.15, 0.2) is 0 Å². The van der Waals surface area contributed by atoms with E-state index < -0.39 is 6.10 Å². The highest BCUT2D eigenvalue weighted by Gasteiger charge is 2.23. The summed E-state index contributed by atoms with van der Waals surface area (Å²) < 4.78 is 11.4. The SMILES string of the molecule is COCCOc1ccc(C(O)C2CCNCC2)cc1Br. The molecule has 1 fully saturated rings. The molecule has 1 aliphatic heterocycles. The van der Waals surface area contributed by atoms with Crippen LogP contribution in [0.15, 0.2) is 22.7 Å². The zero-order chi connectivity index (χ0) is 14.4. The van der Waals surface area contributed by atoms with Gasteiger partial charge in [-0.05, 0) is 65.5 Å². The standard InChI is InChI=1S/C15H22BrNO3/c1-19-8-9-20-14-3-2-12(10-13(14)16)15(18)11-4-6-17-7-5-11/h2-3,10-11,15,17-18H,4-9H2,1H3. The summed E-state index contributed by atoms with van der Waals surface area (Å²) in [5.41, 5.74) is 0.947. The third-order valence-electron chi connectivity index (χ3n) is 3.67. The van der Waals surface area contributed by atoms with Gasteiger partial charge in [0, 0.05) is 7.11 Å². The van der Waals surface area contributed by atoms with E-state index in [1.54, 1.807) is 7.11 Å². The van der Waals surface area contributed by atoms with Crippen molar-refractivity contribution in [3.05, 3.63) is 28.2 Å². The normalized spacial score (nSPS) is 17.9. The molecule has 2 rings (SSSR count). The third kappa shape index (κ3) is 4.19. The van der Waals surface area contributed by atoms with Gasteiger partial charge in [-0.15, -0.1) is 0 Å². The van der Waals surface area contributed by atoms with Gasteiger partial charge in [-0.1, -0.05) is 6.07 Å². The van der Waals surface area contributed by atoms with Crippen molar-refractivity contribution in [2.45, 2.75) is 18.9 Å². The van der Waals surface area contributed by atoms with Crippen LogP contribution in [0.4, 0.5) is 0 Å². The summed E-state index contributed by atoms with van der Waals surface area (Å²) in [7, 11) is 1.65. The summed E-state index contributed by atoms with van der Waals surface area (Å²) in [5, 5.41) is 13.8. The van der Waals surface area contributed by atoms with Gasteiger partial charge >= 0.3 is 0 Å². The summed E-state index contributed by atoms with van der Waals surface area (Å²) >= 11 is 3.50. The molecule has 5 heteroatoms. The Hall–Kier alpha value is -0.620. The molecular formula is C15H22BrNO3. The van der Waals surface area contributed by atoms with Crippen LogP contribution < -0.4 is 10.1 Å². The highest BCUT2D eigenvalue weighted by Crippen LogP contribution is 2.33. The number of halogens is 1. The molecule has 0 radical (unpaired) electrons. The Bertz CT molecular complexity index is 422. The number of benzene rings is 1. The summed E-state index contributed by atoms with van der Waals surface area (Å²) in [4.78, 5) is 0. The van der Waals surface area contributed by atoms with Gasteiger partial charge in [-0.3, -0.25) is 0 Å². The van der Waals surface area contributed by atoms with E-state index in [9.17, 15) is 5.11 Å². The van der Waals surface area contributed by atoms with E-state index in [0.29, 0.717) is 19.1 Å². The molecular weight excluding hydrogens is 322 g/mol. The number of aliphatic hydroxyl groups is 1. The molecule has 112 valence electrons. The first-order valence-electron chi connectivity index (χ1n) is 7.02. The minimum Gasteiger partial charge on any atom is -0.490 e. The van der Waals surface area contributed by atoms with Crippen LogP contribution in [-0.4, -0.2) is 38.5 Å². The summed E-state index contributed by atoms with van der Waals surface area (Å²) in [6.45, 7) is 3.05. The van der Waals surface area contributed by atoms with E-state index in [4.69, 9.17) is 9.47 Å². The molecule has 1 aliphatic rings. The second-order valence-electron chi connectivity index (χ2n) is 5.06. The number of nitrogens with one attached hydrogen (secondary N) is 1. The van der Waals surface area contributed by atoms with Gasteiger partial charge in [0.1, 0.15) is 12.4 Å². The van der Waals surface area contributed by atoms with Gasteiger partial charge in [0.25, 0.3) is 0 Å². The molecule has 1 atom stereocenters. The maximum Gasteiger partial charge on any atom is 0.133 e. The number of hydrogen-bond acceptors (Lipinski definition) is 4. The van der Waals surface area contributed by atoms with Crippen LogP contribution in [0.25, 0.3) is 0 Å². The lowest BCUT2D eigenvalue weighted by Crippen LogP contribution is -2.30. The molecule has 0 saturated carbocycles. The molecule has 0 aromatic heterocycles. The number of rotatable bonds is 6. The van der Waals surface area contributed by atoms with Gasteiger partial charge < -0.3 is 19.9 Å². The minimum absolute atomic E-state index is 0.336. The number of ether oxygens (including phenoxy) is 2. The average molecular weight is 344 g/mol. The Kier molecular flexibility index (Phi) is 6.29. The van der Waals surface area contributed by atoms with Crippen LogP contribution in [-0.2, 0) is 4.74 Å². The van der Waals surface area contributed by atoms with Gasteiger partial charge in [0.2, 0.25) is 0 Å². The molecule has 20 heavy (non-hydrogen) atoms. The lowest BCUT2D eigenvalue weighted by molar-refractivity contribution is 0.0887. The maximum atomic E-state index is 10.5. The van der Waals surface area contributed by atoms with Crippen LogP contribution in [0.2, 0.25) is 0 Å². The fourth-order valence-electron chi connectivity index (χ4n) is 2.49. The van der Waals surface area contributed by atoms with E-state index >= 15 is 0 Å². The predicted octanol–water partition coefficient (Wildman–Crippen LogP) is 2.51. The van der Waals surface area contributed by atoms with Gasteiger partial charge in [-0.25, -0.2) is 0 Å². The fraction of sp³-hybridized carbons (Fsp3) is 0.600. The highest BCUT2D eigenvalue weighted by molar-refractivity contribution is 9.10. The largest absolute Gasteiger partial charge is 0.490 e. The van der Waals surface area contributed by atoms with Crippen molar-refractivity contribution < 1.29 is 14.6 Å². The van der Waals surface area contributed by atoms with Crippen LogP contribution in [0.1, 0.15) is 24.5 Å². The molecule has 1 aromatic rings. The lowest BCUT2D eigenvalue weighted by Gasteiger charge is -2.27. The first-order valence-corrected chi connectivity index (χ1v) is 7.81. The Morgan fingerprint density at radius 3 is 2.75 bits per heavy atom. The molecule has 0 amide bonds. The number of piperidine rings is 1. The lowest BCUT2D eigenvalue weighted by atomic mass is 9.88. The number of methoxy groups -OCH3 is 1. The average Bonchev–Trinajstić information content (AvgIpc) is 2.49. The Morgan fingerprint density at radius 1 is 1.35 bits per heavy atom. The first kappa shape index (κ1) is 15.8. The van der Waals surface area contributed by atoms with Gasteiger partial charge in [0.05, 0.1) is 17.2 Å². The first-order chi connectivity index (χ1) is 9.72. The zero-order valence-electron chi connectivity index (χ0n) is 11.8. The van der Waals surface area contributed by atoms with E-state index in [0.717, 1.165) is 41.7 Å². The Morgan fingerprint density at radius 2 is 2.10 bits per heavy atom. The van der Waals surface area contributed by atoms with Crippen LogP contribution in [0, 0.1) is 5.92 Å². The molecule has 1 heterocycles. The summed E-state index contributed by atoms with van der Waals surface area (Å²) in [6.07, 6.45) is 1.64. The van der Waals surface area contributed by atoms with Crippen LogP contribution in [0.3, 0.4) is 0 Å². The van der Waals surface area contributed by atoms with Crippen molar-refractivity contribution in [1.82, 2.24) is 5.32 Å². The highest BCUT2D eigenvalue weighted by atomic mass is 79.9. The van der Waals surface area contributed by atoms with E-state index in [1.165, 1.54) is 0 Å². The second-order valence-corrected chi connectivity index (χ2v) is 5.92. The van der Waals surface area contributed by atoms with Crippen LogP contribution >= 0.6 is 15.9 Å². The van der Waals surface area contributed by atoms with Crippen molar-refractivity contribution in [3.63, 3.8) is 0 Å².